The number of nitrogens with zero attached hydrogens (tertiary/aromatic N) is 2. The lowest BCUT2D eigenvalue weighted by Crippen LogP contribution is -2.09. The highest BCUT2D eigenvalue weighted by Crippen LogP contribution is 2.12. The summed E-state index contributed by atoms with van der Waals surface area (Å²) in [4.78, 5) is 21.4. The minimum absolute atomic E-state index is 0.219. The smallest absolute Gasteiger partial charge is 0.249 e. The molecule has 0 atom stereocenters. The number of hydrogen-bond donors (Lipinski definition) is 1. The maximum Gasteiger partial charge on any atom is 0.249 e. The third kappa shape index (κ3) is 2.89. The van der Waals surface area contributed by atoms with E-state index in [1.54, 1.807) is 23.6 Å². The van der Waals surface area contributed by atoms with Crippen LogP contribution < -0.4 is 5.32 Å². The number of anilines is 1. The second kappa shape index (κ2) is 5.63. The molecular formula is C15H11N3OS. The number of para-hydroxylation sites is 2. The molecule has 0 aliphatic heterocycles. The monoisotopic (exact) mass is 281 g/mol. The highest BCUT2D eigenvalue weighted by molar-refractivity contribution is 7.10. The topological polar surface area (TPSA) is 54.9 Å². The number of nitrogens with one attached hydrogen (secondary N) is 1. The maximum atomic E-state index is 11.8. The van der Waals surface area contributed by atoms with E-state index in [9.17, 15) is 4.79 Å². The molecule has 3 rings (SSSR count). The van der Waals surface area contributed by atoms with Crippen molar-refractivity contribution >= 4 is 40.2 Å². The number of aromatic nitrogens is 2. The molecule has 0 unspecified atom stereocenters. The molecule has 20 heavy (non-hydrogen) atoms. The summed E-state index contributed by atoms with van der Waals surface area (Å²) in [6.45, 7) is 0. The van der Waals surface area contributed by atoms with Gasteiger partial charge in [0.15, 0.2) is 5.82 Å². The summed E-state index contributed by atoms with van der Waals surface area (Å²) in [7, 11) is 0. The number of amides is 1. The van der Waals surface area contributed by atoms with Gasteiger partial charge in [-0.25, -0.2) is 4.98 Å². The number of thiophene rings is 1. The van der Waals surface area contributed by atoms with Gasteiger partial charge in [0.2, 0.25) is 5.91 Å². The van der Waals surface area contributed by atoms with Crippen molar-refractivity contribution in [3.8, 4) is 0 Å². The molecule has 1 N–H and O–H groups in total. The maximum absolute atomic E-state index is 11.8. The van der Waals surface area contributed by atoms with Gasteiger partial charge in [-0.1, -0.05) is 18.2 Å². The summed E-state index contributed by atoms with van der Waals surface area (Å²) in [5, 5.41) is 4.67. The average Bonchev–Trinajstić information content (AvgIpc) is 2.98. The van der Waals surface area contributed by atoms with Crippen LogP contribution in [0, 0.1) is 0 Å². The van der Waals surface area contributed by atoms with Gasteiger partial charge in [-0.2, -0.15) is 0 Å². The van der Waals surface area contributed by atoms with E-state index in [-0.39, 0.29) is 5.91 Å². The number of benzene rings is 1. The van der Waals surface area contributed by atoms with Gasteiger partial charge in [0.25, 0.3) is 0 Å². The van der Waals surface area contributed by atoms with Gasteiger partial charge < -0.3 is 5.32 Å². The predicted molar refractivity (Wildman–Crippen MR) is 81.5 cm³/mol. The van der Waals surface area contributed by atoms with E-state index in [0.717, 1.165) is 15.9 Å². The molecule has 0 fully saturated rings. The Morgan fingerprint density at radius 1 is 1.15 bits per heavy atom. The van der Waals surface area contributed by atoms with Crippen molar-refractivity contribution in [2.24, 2.45) is 0 Å². The van der Waals surface area contributed by atoms with Gasteiger partial charge in [0.1, 0.15) is 0 Å². The first kappa shape index (κ1) is 12.5. The Morgan fingerprint density at radius 2 is 2.00 bits per heavy atom. The van der Waals surface area contributed by atoms with E-state index in [1.807, 2.05) is 41.8 Å². The van der Waals surface area contributed by atoms with Crippen LogP contribution in [0.5, 0.6) is 0 Å². The van der Waals surface area contributed by atoms with E-state index in [0.29, 0.717) is 5.82 Å². The highest BCUT2D eigenvalue weighted by Gasteiger charge is 2.02. The summed E-state index contributed by atoms with van der Waals surface area (Å²) in [5.41, 5.74) is 1.56. The lowest BCUT2D eigenvalue weighted by atomic mass is 10.3. The number of carbonyl (C=O) groups excluding carboxylic acids is 1. The molecule has 2 heterocycles. The lowest BCUT2D eigenvalue weighted by Gasteiger charge is -2.02. The van der Waals surface area contributed by atoms with Gasteiger partial charge in [0, 0.05) is 11.0 Å². The minimum Gasteiger partial charge on any atom is -0.306 e. The highest BCUT2D eigenvalue weighted by atomic mass is 32.1. The average molecular weight is 281 g/mol. The zero-order valence-electron chi connectivity index (χ0n) is 10.5. The molecule has 1 aromatic carbocycles. The van der Waals surface area contributed by atoms with Crippen LogP contribution in [0.1, 0.15) is 4.88 Å². The van der Waals surface area contributed by atoms with Crippen molar-refractivity contribution in [1.29, 1.82) is 0 Å². The molecule has 5 heteroatoms. The van der Waals surface area contributed by atoms with E-state index in [4.69, 9.17) is 0 Å². The van der Waals surface area contributed by atoms with Crippen LogP contribution in [-0.4, -0.2) is 15.9 Å². The molecule has 98 valence electrons. The van der Waals surface area contributed by atoms with Crippen molar-refractivity contribution < 1.29 is 4.79 Å². The largest absolute Gasteiger partial charge is 0.306 e. The van der Waals surface area contributed by atoms with Crippen molar-refractivity contribution in [2.75, 3.05) is 5.32 Å². The third-order valence-electron chi connectivity index (χ3n) is 2.64. The van der Waals surface area contributed by atoms with Crippen LogP contribution in [0.2, 0.25) is 0 Å². The summed E-state index contributed by atoms with van der Waals surface area (Å²) in [6.07, 6.45) is 4.82. The molecule has 0 aliphatic carbocycles. The van der Waals surface area contributed by atoms with Crippen molar-refractivity contribution in [1.82, 2.24) is 9.97 Å². The molecule has 2 aromatic heterocycles. The van der Waals surface area contributed by atoms with Gasteiger partial charge in [-0.05, 0) is 29.7 Å². The second-order valence-corrected chi connectivity index (χ2v) is 5.06. The fourth-order valence-corrected chi connectivity index (χ4v) is 2.35. The van der Waals surface area contributed by atoms with Crippen LogP contribution in [0.25, 0.3) is 17.1 Å². The van der Waals surface area contributed by atoms with Gasteiger partial charge >= 0.3 is 0 Å². The Kier molecular flexibility index (Phi) is 3.52. The Morgan fingerprint density at radius 3 is 2.80 bits per heavy atom. The first-order valence-corrected chi connectivity index (χ1v) is 6.93. The Bertz CT molecular complexity index is 766. The molecule has 4 nitrogen and oxygen atoms in total. The van der Waals surface area contributed by atoms with Gasteiger partial charge in [0.05, 0.1) is 17.2 Å². The van der Waals surface area contributed by atoms with Crippen molar-refractivity contribution in [3.05, 3.63) is 58.9 Å². The van der Waals surface area contributed by atoms with E-state index >= 15 is 0 Å². The zero-order chi connectivity index (χ0) is 13.8. The summed E-state index contributed by atoms with van der Waals surface area (Å²) < 4.78 is 0. The van der Waals surface area contributed by atoms with Crippen molar-refractivity contribution in [2.45, 2.75) is 0 Å². The third-order valence-corrected chi connectivity index (χ3v) is 3.48. The molecular weight excluding hydrogens is 270 g/mol. The van der Waals surface area contributed by atoms with Crippen molar-refractivity contribution in [3.63, 3.8) is 0 Å². The summed E-state index contributed by atoms with van der Waals surface area (Å²) in [5.74, 6) is 0.229. The standard InChI is InChI=1S/C15H11N3OS/c19-15(8-7-11-4-3-9-20-11)18-14-10-16-12-5-1-2-6-13(12)17-14/h1-10H,(H,17,18,19)/b8-7+. The van der Waals surface area contributed by atoms with Crippen LogP contribution in [0.4, 0.5) is 5.82 Å². The molecule has 3 aromatic rings. The first-order chi connectivity index (χ1) is 9.81. The zero-order valence-corrected chi connectivity index (χ0v) is 11.3. The molecule has 0 saturated carbocycles. The first-order valence-electron chi connectivity index (χ1n) is 6.06. The minimum atomic E-state index is -0.219. The number of rotatable bonds is 3. The quantitative estimate of drug-likeness (QED) is 0.749. The van der Waals surface area contributed by atoms with Gasteiger partial charge in [-0.15, -0.1) is 11.3 Å². The van der Waals surface area contributed by atoms with Gasteiger partial charge in [-0.3, -0.25) is 9.78 Å². The number of fused-ring (bicyclic) bond motifs is 1. The molecule has 0 bridgehead atoms. The van der Waals surface area contributed by atoms with E-state index in [1.165, 1.54) is 6.08 Å². The number of hydrogen-bond acceptors (Lipinski definition) is 4. The van der Waals surface area contributed by atoms with Crippen LogP contribution in [0.3, 0.4) is 0 Å². The molecule has 0 aliphatic rings. The number of carbonyl (C=O) groups is 1. The molecule has 0 spiro atoms. The summed E-state index contributed by atoms with van der Waals surface area (Å²) >= 11 is 1.58. The second-order valence-electron chi connectivity index (χ2n) is 4.08. The summed E-state index contributed by atoms with van der Waals surface area (Å²) in [6, 6.07) is 11.4. The lowest BCUT2D eigenvalue weighted by molar-refractivity contribution is -0.111. The fraction of sp³-hybridized carbons (Fsp3) is 0. The van der Waals surface area contributed by atoms with Crippen LogP contribution in [-0.2, 0) is 4.79 Å². The Balaban J connectivity index is 1.74. The Hall–Kier alpha value is -2.53. The fourth-order valence-electron chi connectivity index (χ4n) is 1.73. The Labute approximate surface area is 119 Å². The predicted octanol–water partition coefficient (Wildman–Crippen LogP) is 3.34. The van der Waals surface area contributed by atoms with Crippen LogP contribution >= 0.6 is 11.3 Å². The van der Waals surface area contributed by atoms with E-state index < -0.39 is 0 Å². The SMILES string of the molecule is O=C(/C=C/c1cccs1)Nc1cnc2ccccc2n1. The molecule has 0 saturated heterocycles. The molecule has 0 radical (unpaired) electrons. The van der Waals surface area contributed by atoms with E-state index in [2.05, 4.69) is 15.3 Å². The molecule has 1 amide bonds. The van der Waals surface area contributed by atoms with Crippen LogP contribution in [0.15, 0.2) is 54.1 Å². The normalized spacial score (nSPS) is 11.0.